The molecule has 0 fully saturated rings. The maximum absolute atomic E-state index is 12.9. The highest BCUT2D eigenvalue weighted by atomic mass is 35.5. The first-order chi connectivity index (χ1) is 7.15. The Hall–Kier alpha value is -1.55. The molecule has 1 heterocycles. The van der Waals surface area contributed by atoms with Gasteiger partial charge >= 0.3 is 0 Å². The molecule has 5 heteroatoms. The molecule has 2 rings (SSSR count). The normalized spacial score (nSPS) is 10.3. The third-order valence-corrected chi connectivity index (χ3v) is 2.20. The zero-order valence-electron chi connectivity index (χ0n) is 8.04. The van der Waals surface area contributed by atoms with E-state index in [9.17, 15) is 4.39 Å². The fourth-order valence-corrected chi connectivity index (χ4v) is 1.41. The highest BCUT2D eigenvalue weighted by Crippen LogP contribution is 2.22. The van der Waals surface area contributed by atoms with Crippen LogP contribution in [0, 0.1) is 5.82 Å². The van der Waals surface area contributed by atoms with E-state index < -0.39 is 5.82 Å². The standard InChI is InChI=1S/C10H9ClFN3/c1-15-6-8(5-13-15)14-7-2-3-10(12)9(11)4-7/h2-6,14H,1H3. The monoisotopic (exact) mass is 225 g/mol. The zero-order chi connectivity index (χ0) is 10.8. The second-order valence-electron chi connectivity index (χ2n) is 3.16. The van der Waals surface area contributed by atoms with Crippen molar-refractivity contribution in [1.29, 1.82) is 0 Å². The summed E-state index contributed by atoms with van der Waals surface area (Å²) in [4.78, 5) is 0. The highest BCUT2D eigenvalue weighted by molar-refractivity contribution is 6.31. The van der Waals surface area contributed by atoms with Crippen molar-refractivity contribution in [3.05, 3.63) is 41.4 Å². The van der Waals surface area contributed by atoms with E-state index >= 15 is 0 Å². The SMILES string of the molecule is Cn1cc(Nc2ccc(F)c(Cl)c2)cn1. The highest BCUT2D eigenvalue weighted by Gasteiger charge is 2.01. The first-order valence-corrected chi connectivity index (χ1v) is 4.73. The van der Waals surface area contributed by atoms with Crippen molar-refractivity contribution in [3.63, 3.8) is 0 Å². The largest absolute Gasteiger partial charge is 0.353 e. The minimum Gasteiger partial charge on any atom is -0.353 e. The predicted molar refractivity (Wildman–Crippen MR) is 57.9 cm³/mol. The number of halogens is 2. The van der Waals surface area contributed by atoms with Crippen molar-refractivity contribution in [1.82, 2.24) is 9.78 Å². The number of aromatic nitrogens is 2. The lowest BCUT2D eigenvalue weighted by Gasteiger charge is -2.03. The third-order valence-electron chi connectivity index (χ3n) is 1.91. The molecule has 1 aromatic carbocycles. The van der Waals surface area contributed by atoms with E-state index in [1.165, 1.54) is 12.1 Å². The van der Waals surface area contributed by atoms with Crippen molar-refractivity contribution in [2.45, 2.75) is 0 Å². The molecule has 0 spiro atoms. The van der Waals surface area contributed by atoms with Crippen molar-refractivity contribution in [2.24, 2.45) is 7.05 Å². The van der Waals surface area contributed by atoms with Crippen molar-refractivity contribution < 1.29 is 4.39 Å². The van der Waals surface area contributed by atoms with E-state index in [4.69, 9.17) is 11.6 Å². The summed E-state index contributed by atoms with van der Waals surface area (Å²) in [5.41, 5.74) is 1.56. The molecule has 0 aliphatic rings. The number of benzene rings is 1. The summed E-state index contributed by atoms with van der Waals surface area (Å²) in [5.74, 6) is -0.423. The van der Waals surface area contributed by atoms with Gasteiger partial charge in [-0.2, -0.15) is 5.10 Å². The second-order valence-corrected chi connectivity index (χ2v) is 3.56. The van der Waals surface area contributed by atoms with Crippen molar-refractivity contribution in [2.75, 3.05) is 5.32 Å². The summed E-state index contributed by atoms with van der Waals surface area (Å²) in [7, 11) is 1.82. The summed E-state index contributed by atoms with van der Waals surface area (Å²) < 4.78 is 14.5. The number of anilines is 2. The van der Waals surface area contributed by atoms with E-state index in [-0.39, 0.29) is 5.02 Å². The fraction of sp³-hybridized carbons (Fsp3) is 0.100. The van der Waals surface area contributed by atoms with E-state index in [2.05, 4.69) is 10.4 Å². The quantitative estimate of drug-likeness (QED) is 0.852. The Balaban J connectivity index is 2.21. The molecule has 0 unspecified atom stereocenters. The smallest absolute Gasteiger partial charge is 0.141 e. The molecule has 0 atom stereocenters. The molecule has 0 radical (unpaired) electrons. The first-order valence-electron chi connectivity index (χ1n) is 4.36. The van der Waals surface area contributed by atoms with Crippen LogP contribution in [0.3, 0.4) is 0 Å². The van der Waals surface area contributed by atoms with Gasteiger partial charge in [-0.15, -0.1) is 0 Å². The van der Waals surface area contributed by atoms with Crippen LogP contribution in [0.15, 0.2) is 30.6 Å². The molecule has 15 heavy (non-hydrogen) atoms. The molecule has 0 aliphatic heterocycles. The minimum absolute atomic E-state index is 0.101. The average molecular weight is 226 g/mol. The topological polar surface area (TPSA) is 29.9 Å². The maximum atomic E-state index is 12.9. The number of aryl methyl sites for hydroxylation is 1. The van der Waals surface area contributed by atoms with Gasteiger partial charge in [0, 0.05) is 18.9 Å². The van der Waals surface area contributed by atoms with Crippen LogP contribution in [0.4, 0.5) is 15.8 Å². The van der Waals surface area contributed by atoms with Gasteiger partial charge in [-0.05, 0) is 18.2 Å². The maximum Gasteiger partial charge on any atom is 0.141 e. The van der Waals surface area contributed by atoms with Gasteiger partial charge in [0.25, 0.3) is 0 Å². The van der Waals surface area contributed by atoms with Gasteiger partial charge < -0.3 is 5.32 Å². The van der Waals surface area contributed by atoms with Crippen LogP contribution in [0.1, 0.15) is 0 Å². The molecule has 0 saturated heterocycles. The molecule has 0 amide bonds. The van der Waals surface area contributed by atoms with E-state index in [0.29, 0.717) is 0 Å². The molecule has 1 N–H and O–H groups in total. The van der Waals surface area contributed by atoms with Crippen molar-refractivity contribution in [3.8, 4) is 0 Å². The van der Waals surface area contributed by atoms with Crippen LogP contribution in [0.5, 0.6) is 0 Å². The van der Waals surface area contributed by atoms with E-state index in [0.717, 1.165) is 11.4 Å². The van der Waals surface area contributed by atoms with Gasteiger partial charge in [-0.1, -0.05) is 11.6 Å². The number of nitrogens with zero attached hydrogens (tertiary/aromatic N) is 2. The predicted octanol–water partition coefficient (Wildman–Crippen LogP) is 2.96. The molecule has 1 aromatic heterocycles. The number of hydrogen-bond donors (Lipinski definition) is 1. The number of nitrogens with one attached hydrogen (secondary N) is 1. The lowest BCUT2D eigenvalue weighted by Crippen LogP contribution is -1.89. The minimum atomic E-state index is -0.423. The van der Waals surface area contributed by atoms with Gasteiger partial charge in [0.15, 0.2) is 0 Å². The fourth-order valence-electron chi connectivity index (χ4n) is 1.23. The Morgan fingerprint density at radius 2 is 2.20 bits per heavy atom. The number of rotatable bonds is 2. The summed E-state index contributed by atoms with van der Waals surface area (Å²) >= 11 is 5.65. The van der Waals surface area contributed by atoms with Crippen LogP contribution in [-0.4, -0.2) is 9.78 Å². The zero-order valence-corrected chi connectivity index (χ0v) is 8.79. The molecule has 0 bridgehead atoms. The molecule has 2 aromatic rings. The van der Waals surface area contributed by atoms with E-state index in [1.54, 1.807) is 16.9 Å². The molecular formula is C10H9ClFN3. The number of hydrogen-bond acceptors (Lipinski definition) is 2. The Kier molecular flexibility index (Phi) is 2.60. The van der Waals surface area contributed by atoms with Crippen LogP contribution in [0.2, 0.25) is 5.02 Å². The molecular weight excluding hydrogens is 217 g/mol. The molecule has 0 aliphatic carbocycles. The second kappa shape index (κ2) is 3.90. The lowest BCUT2D eigenvalue weighted by molar-refractivity contribution is 0.628. The summed E-state index contributed by atoms with van der Waals surface area (Å²) in [6.07, 6.45) is 3.49. The van der Waals surface area contributed by atoms with Crippen LogP contribution in [-0.2, 0) is 7.05 Å². The lowest BCUT2D eigenvalue weighted by atomic mass is 10.3. The van der Waals surface area contributed by atoms with Gasteiger partial charge in [-0.25, -0.2) is 4.39 Å². The first kappa shape index (κ1) is 9.98. The summed E-state index contributed by atoms with van der Waals surface area (Å²) in [6.45, 7) is 0. The summed E-state index contributed by atoms with van der Waals surface area (Å²) in [5, 5.41) is 7.16. The van der Waals surface area contributed by atoms with Crippen LogP contribution >= 0.6 is 11.6 Å². The Labute approximate surface area is 91.5 Å². The van der Waals surface area contributed by atoms with Gasteiger partial charge in [0.2, 0.25) is 0 Å². The van der Waals surface area contributed by atoms with E-state index in [1.807, 2.05) is 13.2 Å². The summed E-state index contributed by atoms with van der Waals surface area (Å²) in [6, 6.07) is 4.47. The average Bonchev–Trinajstić information content (AvgIpc) is 2.58. The Bertz CT molecular complexity index is 481. The molecule has 78 valence electrons. The van der Waals surface area contributed by atoms with Gasteiger partial charge in [-0.3, -0.25) is 4.68 Å². The Morgan fingerprint density at radius 1 is 1.40 bits per heavy atom. The molecule has 0 saturated carbocycles. The van der Waals surface area contributed by atoms with Gasteiger partial charge in [0.1, 0.15) is 5.82 Å². The Morgan fingerprint density at radius 3 is 2.80 bits per heavy atom. The van der Waals surface area contributed by atoms with Crippen LogP contribution in [0.25, 0.3) is 0 Å². The molecule has 3 nitrogen and oxygen atoms in total. The van der Waals surface area contributed by atoms with Crippen LogP contribution < -0.4 is 5.32 Å². The third kappa shape index (κ3) is 2.27. The van der Waals surface area contributed by atoms with Crippen molar-refractivity contribution >= 4 is 23.0 Å². The van der Waals surface area contributed by atoms with Gasteiger partial charge in [0.05, 0.1) is 16.9 Å².